The lowest BCUT2D eigenvalue weighted by Crippen LogP contribution is -2.43. The number of nitrogens with one attached hydrogen (secondary N) is 2. The number of pyridine rings is 1. The minimum Gasteiger partial charge on any atom is -0.506 e. The summed E-state index contributed by atoms with van der Waals surface area (Å²) in [5.74, 6) is 1.55. The molecule has 0 amide bonds. The number of hydrogen-bond donors (Lipinski definition) is 4. The van der Waals surface area contributed by atoms with Gasteiger partial charge in [0.2, 0.25) is 5.56 Å². The highest BCUT2D eigenvalue weighted by atomic mass is 28.4. The van der Waals surface area contributed by atoms with Crippen molar-refractivity contribution in [1.82, 2.24) is 20.4 Å². The summed E-state index contributed by atoms with van der Waals surface area (Å²) in [7, 11) is -0.135. The Morgan fingerprint density at radius 3 is 2.23 bits per heavy atom. The molecule has 2 heterocycles. The minimum absolute atomic E-state index is 0.00941. The number of hydrogen-bond acceptors (Lipinski definition) is 9. The largest absolute Gasteiger partial charge is 0.506 e. The molecule has 0 saturated heterocycles. The summed E-state index contributed by atoms with van der Waals surface area (Å²) in [5.41, 5.74) is 2.78. The highest BCUT2D eigenvalue weighted by Crippen LogP contribution is 2.41. The molecule has 1 unspecified atom stereocenters. The van der Waals surface area contributed by atoms with E-state index in [1.165, 1.54) is 11.6 Å². The summed E-state index contributed by atoms with van der Waals surface area (Å²) in [6.45, 7) is 14.4. The average molecular weight is 789 g/mol. The smallest absolute Gasteiger partial charge is 0.248 e. The van der Waals surface area contributed by atoms with E-state index < -0.39 is 13.9 Å². The van der Waals surface area contributed by atoms with Crippen LogP contribution in [-0.2, 0) is 23.0 Å². The van der Waals surface area contributed by atoms with Gasteiger partial charge in [-0.25, -0.2) is 0 Å². The minimum atomic E-state index is -2.16. The highest BCUT2D eigenvalue weighted by molar-refractivity contribution is 6.74. The van der Waals surface area contributed by atoms with Crippen LogP contribution in [0.15, 0.2) is 125 Å². The fraction of sp³-hybridized carbons (Fsp3) is 0.348. The van der Waals surface area contributed by atoms with Crippen LogP contribution in [0.4, 0.5) is 0 Å². The van der Waals surface area contributed by atoms with Crippen LogP contribution < -0.4 is 15.6 Å². The van der Waals surface area contributed by atoms with E-state index in [-0.39, 0.29) is 22.5 Å². The van der Waals surface area contributed by atoms with Crippen LogP contribution in [0, 0.1) is 0 Å². The van der Waals surface area contributed by atoms with Gasteiger partial charge in [0.25, 0.3) is 0 Å². The Morgan fingerprint density at radius 1 is 0.912 bits per heavy atom. The van der Waals surface area contributed by atoms with Gasteiger partial charge in [-0.3, -0.25) is 9.69 Å². The highest BCUT2D eigenvalue weighted by Gasteiger charge is 2.40. The number of aliphatic hydroxyl groups is 1. The molecule has 6 aromatic rings. The maximum atomic E-state index is 12.1. The van der Waals surface area contributed by atoms with E-state index in [4.69, 9.17) is 13.7 Å². The topological polar surface area (TPSA) is 133 Å². The predicted octanol–water partition coefficient (Wildman–Crippen LogP) is 8.30. The first-order valence-corrected chi connectivity index (χ1v) is 22.6. The molecule has 300 valence electrons. The van der Waals surface area contributed by atoms with Gasteiger partial charge in [0.15, 0.2) is 19.7 Å². The third-order valence-corrected chi connectivity index (χ3v) is 15.5. The number of nitrogens with zero attached hydrogens (tertiary/aromatic N) is 2. The monoisotopic (exact) mass is 788 g/mol. The van der Waals surface area contributed by atoms with E-state index in [1.54, 1.807) is 12.1 Å². The first kappa shape index (κ1) is 41.6. The summed E-state index contributed by atoms with van der Waals surface area (Å²) in [4.78, 5) is 17.0. The maximum Gasteiger partial charge on any atom is 0.248 e. The Kier molecular flexibility index (Phi) is 13.2. The van der Waals surface area contributed by atoms with Crippen molar-refractivity contribution in [3.05, 3.63) is 159 Å². The number of ether oxygens (including phenoxy) is 1. The molecule has 0 radical (unpaired) electrons. The van der Waals surface area contributed by atoms with Crippen molar-refractivity contribution in [3.63, 3.8) is 0 Å². The zero-order valence-electron chi connectivity index (χ0n) is 33.9. The lowest BCUT2D eigenvalue weighted by Gasteiger charge is -2.39. The molecular formula is C46H56N4O6Si. The van der Waals surface area contributed by atoms with Crippen molar-refractivity contribution >= 4 is 19.2 Å². The molecule has 0 fully saturated rings. The second-order valence-corrected chi connectivity index (χ2v) is 21.1. The summed E-state index contributed by atoms with van der Waals surface area (Å²) in [6, 6.07) is 35.9. The summed E-state index contributed by atoms with van der Waals surface area (Å²) < 4.78 is 18.7. The second-order valence-electron chi connectivity index (χ2n) is 16.3. The molecule has 57 heavy (non-hydrogen) atoms. The summed E-state index contributed by atoms with van der Waals surface area (Å²) in [5, 5.41) is 31.2. The molecule has 4 N–H and O–H groups in total. The van der Waals surface area contributed by atoms with Crippen LogP contribution in [-0.4, -0.2) is 66.9 Å². The van der Waals surface area contributed by atoms with Crippen LogP contribution >= 0.6 is 0 Å². The number of aromatic nitrogens is 2. The molecule has 11 heteroatoms. The molecule has 0 aliphatic heterocycles. The van der Waals surface area contributed by atoms with E-state index >= 15 is 0 Å². The number of phenols is 1. The number of benzene rings is 4. The van der Waals surface area contributed by atoms with Crippen molar-refractivity contribution in [1.29, 1.82) is 0 Å². The molecule has 0 spiro atoms. The average Bonchev–Trinajstić information content (AvgIpc) is 3.67. The Labute approximate surface area is 336 Å². The van der Waals surface area contributed by atoms with Gasteiger partial charge < -0.3 is 34.2 Å². The first-order chi connectivity index (χ1) is 27.2. The van der Waals surface area contributed by atoms with E-state index in [0.29, 0.717) is 36.7 Å². The summed E-state index contributed by atoms with van der Waals surface area (Å²) >= 11 is 0. The molecule has 6 rings (SSSR count). The molecule has 4 aromatic carbocycles. The number of rotatable bonds is 18. The molecule has 0 aliphatic rings. The van der Waals surface area contributed by atoms with Crippen molar-refractivity contribution in [2.75, 3.05) is 33.3 Å². The lowest BCUT2D eigenvalue weighted by molar-refractivity contribution is 0.116. The normalized spacial score (nSPS) is 13.0. The van der Waals surface area contributed by atoms with Gasteiger partial charge in [-0.2, -0.15) is 0 Å². The number of aromatic hydroxyl groups is 1. The first-order valence-electron chi connectivity index (χ1n) is 19.7. The van der Waals surface area contributed by atoms with Crippen LogP contribution in [0.2, 0.25) is 18.1 Å². The van der Waals surface area contributed by atoms with Gasteiger partial charge >= 0.3 is 0 Å². The van der Waals surface area contributed by atoms with Gasteiger partial charge in [0.05, 0.1) is 24.8 Å². The van der Waals surface area contributed by atoms with Crippen molar-refractivity contribution in [3.8, 4) is 11.5 Å². The second kappa shape index (κ2) is 18.0. The Balaban J connectivity index is 0.974. The third-order valence-electron chi connectivity index (χ3n) is 11.0. The van der Waals surface area contributed by atoms with Crippen LogP contribution in [0.3, 0.4) is 0 Å². The van der Waals surface area contributed by atoms with E-state index in [9.17, 15) is 15.0 Å². The predicted molar refractivity (Wildman–Crippen MR) is 228 cm³/mol. The number of aromatic amines is 1. The van der Waals surface area contributed by atoms with Crippen molar-refractivity contribution < 1.29 is 23.9 Å². The van der Waals surface area contributed by atoms with E-state index in [0.717, 1.165) is 53.8 Å². The Hall–Kier alpha value is -5.04. The molecular weight excluding hydrogens is 733 g/mol. The fourth-order valence-electron chi connectivity index (χ4n) is 6.75. The number of phenolic OH excluding ortho intramolecular Hbond substituents is 1. The zero-order valence-corrected chi connectivity index (χ0v) is 34.9. The Bertz CT molecular complexity index is 2210. The molecule has 10 nitrogen and oxygen atoms in total. The molecule has 2 aromatic heterocycles. The van der Waals surface area contributed by atoms with Crippen LogP contribution in [0.5, 0.6) is 11.5 Å². The molecule has 0 saturated carbocycles. The molecule has 0 bridgehead atoms. The van der Waals surface area contributed by atoms with E-state index in [2.05, 4.69) is 66.4 Å². The summed E-state index contributed by atoms with van der Waals surface area (Å²) in [6.07, 6.45) is 1.40. The molecule has 0 aliphatic carbocycles. The van der Waals surface area contributed by atoms with Crippen molar-refractivity contribution in [2.24, 2.45) is 0 Å². The third kappa shape index (κ3) is 10.1. The van der Waals surface area contributed by atoms with Gasteiger partial charge in [-0.05, 0) is 91.1 Å². The standard InChI is InChI=1S/C46H56N4O6Si/c1-45(2,3)57(5,6)56-41(38-22-24-40(51)44-39(38)23-25-43(52)48-44)31-47-27-26-33-18-20-36(21-19-33)54-29-13-28-50(4)32-37-30-42(49-55-37)46(53,34-14-9-7-10-15-34)35-16-11-8-12-17-35/h7-12,14-25,30,41,47,51,53H,13,26-29,31-32H2,1-6H3,(H,48,52). The van der Waals surface area contributed by atoms with Gasteiger partial charge in [0.1, 0.15) is 17.2 Å². The van der Waals surface area contributed by atoms with Crippen molar-refractivity contribution in [2.45, 2.75) is 70.0 Å². The SMILES string of the molecule is CN(CCCOc1ccc(CCNCC(O[Si](C)(C)C(C)(C)C)c2ccc(O)c3[nH]c(=O)ccc23)cc1)Cc1cc(C(O)(c2ccccc2)c2ccccc2)no1. The lowest BCUT2D eigenvalue weighted by atomic mass is 9.83. The molecule has 1 atom stereocenters. The van der Waals surface area contributed by atoms with Crippen LogP contribution in [0.25, 0.3) is 10.9 Å². The van der Waals surface area contributed by atoms with E-state index in [1.807, 2.05) is 92.0 Å². The zero-order chi connectivity index (χ0) is 40.6. The maximum absolute atomic E-state index is 12.1. The van der Waals surface area contributed by atoms with Gasteiger partial charge in [-0.1, -0.05) is 105 Å². The van der Waals surface area contributed by atoms with Gasteiger partial charge in [0, 0.05) is 30.6 Å². The number of fused-ring (bicyclic) bond motifs is 1. The van der Waals surface area contributed by atoms with Gasteiger partial charge in [-0.15, -0.1) is 0 Å². The van der Waals surface area contributed by atoms with Crippen LogP contribution in [0.1, 0.15) is 67.0 Å². The Morgan fingerprint density at radius 2 is 1.58 bits per heavy atom. The fourth-order valence-corrected chi connectivity index (χ4v) is 8.03. The quantitative estimate of drug-likeness (QED) is 0.0502. The number of H-pyrrole nitrogens is 1.